The quantitative estimate of drug-likeness (QED) is 0.362. The zero-order valence-electron chi connectivity index (χ0n) is 20.7. The maximum atomic E-state index is 15.2. The molecule has 0 spiro atoms. The second kappa shape index (κ2) is 11.1. The SMILES string of the molecule is COCc1ccc(F)c([C@H](C)Nc2cc(F)c(S(=O)(=O)N(C(=O)OC(C)(C)C)c3cscn3)c(F)c2)c1. The number of hydrogen-bond acceptors (Lipinski definition) is 8. The molecule has 3 aromatic rings. The molecule has 8 nitrogen and oxygen atoms in total. The number of halogens is 3. The Bertz CT molecular complexity index is 1350. The van der Waals surface area contributed by atoms with Gasteiger partial charge in [0.05, 0.1) is 18.2 Å². The number of anilines is 2. The molecule has 0 saturated carbocycles. The summed E-state index contributed by atoms with van der Waals surface area (Å²) in [6, 6.07) is 5.10. The number of rotatable bonds is 8. The standard InChI is InChI=1S/C24H26F3N3O5S2/c1-14(17-8-15(11-34-5)6-7-18(17)25)29-16-9-19(26)22(20(27)10-16)37(32,33)30(21-12-36-13-28-21)23(31)35-24(2,3)4/h6-10,12-14,29H,11H2,1-5H3/t14-/m0/s1. The van der Waals surface area contributed by atoms with Crippen molar-refractivity contribution in [3.63, 3.8) is 0 Å². The fraction of sp³-hybridized carbons (Fsp3) is 0.333. The van der Waals surface area contributed by atoms with Crippen molar-refractivity contribution in [1.82, 2.24) is 4.98 Å². The Hall–Kier alpha value is -3.16. The smallest absolute Gasteiger partial charge is 0.430 e. The van der Waals surface area contributed by atoms with Gasteiger partial charge in [-0.25, -0.2) is 31.4 Å². The molecule has 1 aromatic heterocycles. The maximum Gasteiger partial charge on any atom is 0.430 e. The van der Waals surface area contributed by atoms with E-state index in [2.05, 4.69) is 10.3 Å². The van der Waals surface area contributed by atoms with E-state index in [0.29, 0.717) is 5.56 Å². The summed E-state index contributed by atoms with van der Waals surface area (Å²) in [6.45, 7) is 6.33. The molecule has 1 heterocycles. The normalized spacial score (nSPS) is 12.8. The molecule has 13 heteroatoms. The average molecular weight is 558 g/mol. The summed E-state index contributed by atoms with van der Waals surface area (Å²) >= 11 is 0.974. The van der Waals surface area contributed by atoms with E-state index in [4.69, 9.17) is 9.47 Å². The summed E-state index contributed by atoms with van der Waals surface area (Å²) in [5.74, 6) is -3.85. The number of aromatic nitrogens is 1. The number of methoxy groups -OCH3 is 1. The summed E-state index contributed by atoms with van der Waals surface area (Å²) in [4.78, 5) is 15.2. The second-order valence-corrected chi connectivity index (χ2v) is 11.5. The first-order valence-electron chi connectivity index (χ1n) is 10.9. The lowest BCUT2D eigenvalue weighted by Crippen LogP contribution is -2.41. The number of amides is 1. The number of hydrogen-bond donors (Lipinski definition) is 1. The fourth-order valence-electron chi connectivity index (χ4n) is 3.41. The number of thiazole rings is 1. The second-order valence-electron chi connectivity index (χ2n) is 9.02. The van der Waals surface area contributed by atoms with E-state index in [0.717, 1.165) is 23.5 Å². The Morgan fingerprint density at radius 1 is 1.14 bits per heavy atom. The van der Waals surface area contributed by atoms with Crippen LogP contribution < -0.4 is 9.62 Å². The molecule has 0 aliphatic carbocycles. The minimum Gasteiger partial charge on any atom is -0.443 e. The third-order valence-corrected chi connectivity index (χ3v) is 7.20. The third-order valence-electron chi connectivity index (χ3n) is 4.90. The predicted molar refractivity (Wildman–Crippen MR) is 134 cm³/mol. The molecule has 2 aromatic carbocycles. The van der Waals surface area contributed by atoms with Crippen molar-refractivity contribution in [2.24, 2.45) is 0 Å². The van der Waals surface area contributed by atoms with E-state index in [-0.39, 0.29) is 28.0 Å². The van der Waals surface area contributed by atoms with Gasteiger partial charge in [0, 0.05) is 23.7 Å². The maximum absolute atomic E-state index is 15.2. The molecule has 0 aliphatic heterocycles. The first-order chi connectivity index (χ1) is 17.2. The van der Waals surface area contributed by atoms with Crippen LogP contribution in [0, 0.1) is 17.5 Å². The first-order valence-corrected chi connectivity index (χ1v) is 13.3. The van der Waals surface area contributed by atoms with Crippen molar-refractivity contribution in [1.29, 1.82) is 0 Å². The van der Waals surface area contributed by atoms with Gasteiger partial charge in [0.25, 0.3) is 10.0 Å². The van der Waals surface area contributed by atoms with Crippen LogP contribution in [0.25, 0.3) is 0 Å². The Balaban J connectivity index is 1.98. The summed E-state index contributed by atoms with van der Waals surface area (Å²) in [5, 5.41) is 3.99. The fourth-order valence-corrected chi connectivity index (χ4v) is 5.37. The molecule has 0 aliphatic rings. The first kappa shape index (κ1) is 28.4. The van der Waals surface area contributed by atoms with Crippen LogP contribution >= 0.6 is 11.3 Å². The summed E-state index contributed by atoms with van der Waals surface area (Å²) in [6.07, 6.45) is -1.38. The Morgan fingerprint density at radius 2 is 1.78 bits per heavy atom. The number of benzene rings is 2. The third kappa shape index (κ3) is 6.59. The Labute approximate surface area is 217 Å². The highest BCUT2D eigenvalue weighted by Gasteiger charge is 2.39. The van der Waals surface area contributed by atoms with Gasteiger partial charge in [0.2, 0.25) is 0 Å². The number of nitrogens with zero attached hydrogens (tertiary/aromatic N) is 2. The lowest BCUT2D eigenvalue weighted by Gasteiger charge is -2.26. The van der Waals surface area contributed by atoms with Gasteiger partial charge in [-0.15, -0.1) is 15.6 Å². The molecular weight excluding hydrogens is 531 g/mol. The molecule has 0 unspecified atom stereocenters. The predicted octanol–water partition coefficient (Wildman–Crippen LogP) is 6.01. The molecule has 0 bridgehead atoms. The average Bonchev–Trinajstić information content (AvgIpc) is 3.27. The molecule has 0 radical (unpaired) electrons. The molecule has 1 amide bonds. The monoisotopic (exact) mass is 557 g/mol. The number of carbonyl (C=O) groups is 1. The van der Waals surface area contributed by atoms with E-state index >= 15 is 8.78 Å². The van der Waals surface area contributed by atoms with Crippen molar-refractivity contribution >= 4 is 39.0 Å². The van der Waals surface area contributed by atoms with Crippen LogP contribution in [0.4, 0.5) is 29.5 Å². The molecular formula is C24H26F3N3O5S2. The van der Waals surface area contributed by atoms with Gasteiger partial charge in [-0.3, -0.25) is 0 Å². The Kier molecular flexibility index (Phi) is 8.50. The minimum atomic E-state index is -5.12. The van der Waals surface area contributed by atoms with Gasteiger partial charge in [-0.2, -0.15) is 0 Å². The van der Waals surface area contributed by atoms with Crippen LogP contribution in [-0.4, -0.2) is 32.2 Å². The van der Waals surface area contributed by atoms with Gasteiger partial charge in [-0.1, -0.05) is 6.07 Å². The molecule has 1 atom stereocenters. The van der Waals surface area contributed by atoms with Gasteiger partial charge in [0.1, 0.15) is 23.1 Å². The number of sulfonamides is 1. The van der Waals surface area contributed by atoms with Crippen molar-refractivity contribution in [2.75, 3.05) is 16.7 Å². The van der Waals surface area contributed by atoms with Gasteiger partial charge >= 0.3 is 6.09 Å². The van der Waals surface area contributed by atoms with E-state index in [9.17, 15) is 17.6 Å². The largest absolute Gasteiger partial charge is 0.443 e. The van der Waals surface area contributed by atoms with E-state index < -0.39 is 50.1 Å². The van der Waals surface area contributed by atoms with Crippen LogP contribution in [-0.2, 0) is 26.1 Å². The van der Waals surface area contributed by atoms with Gasteiger partial charge < -0.3 is 14.8 Å². The van der Waals surface area contributed by atoms with Crippen LogP contribution in [0.1, 0.15) is 44.9 Å². The number of ether oxygens (including phenoxy) is 2. The van der Waals surface area contributed by atoms with Crippen molar-refractivity contribution < 1.29 is 35.9 Å². The Morgan fingerprint density at radius 3 is 2.32 bits per heavy atom. The van der Waals surface area contributed by atoms with Crippen molar-refractivity contribution in [3.8, 4) is 0 Å². The molecule has 37 heavy (non-hydrogen) atoms. The molecule has 3 rings (SSSR count). The van der Waals surface area contributed by atoms with Crippen molar-refractivity contribution in [2.45, 2.75) is 50.8 Å². The number of carbonyl (C=O) groups excluding carboxylic acids is 1. The summed E-state index contributed by atoms with van der Waals surface area (Å²) < 4.78 is 81.7. The van der Waals surface area contributed by atoms with Gasteiger partial charge in [-0.05, 0) is 57.5 Å². The topological polar surface area (TPSA) is 97.8 Å². The lowest BCUT2D eigenvalue weighted by molar-refractivity contribution is 0.0608. The highest BCUT2D eigenvalue weighted by Crippen LogP contribution is 2.32. The number of nitrogens with one attached hydrogen (secondary N) is 1. The van der Waals surface area contributed by atoms with Crippen LogP contribution in [0.5, 0.6) is 0 Å². The van der Waals surface area contributed by atoms with E-state index in [1.165, 1.54) is 44.8 Å². The zero-order chi connectivity index (χ0) is 27.5. The minimum absolute atomic E-state index is 0.114. The van der Waals surface area contributed by atoms with E-state index in [1.807, 2.05) is 0 Å². The highest BCUT2D eigenvalue weighted by molar-refractivity contribution is 7.93. The van der Waals surface area contributed by atoms with E-state index in [1.54, 1.807) is 19.1 Å². The summed E-state index contributed by atoms with van der Waals surface area (Å²) in [5.41, 5.74) is 0.916. The molecule has 1 N–H and O–H groups in total. The van der Waals surface area contributed by atoms with Crippen molar-refractivity contribution in [3.05, 3.63) is 69.8 Å². The zero-order valence-corrected chi connectivity index (χ0v) is 22.3. The van der Waals surface area contributed by atoms with Crippen LogP contribution in [0.15, 0.2) is 46.1 Å². The van der Waals surface area contributed by atoms with Gasteiger partial charge in [0.15, 0.2) is 10.7 Å². The highest BCUT2D eigenvalue weighted by atomic mass is 32.2. The lowest BCUT2D eigenvalue weighted by atomic mass is 10.0. The summed E-state index contributed by atoms with van der Waals surface area (Å²) in [7, 11) is -3.63. The molecule has 200 valence electrons. The molecule has 0 saturated heterocycles. The molecule has 0 fully saturated rings. The van der Waals surface area contributed by atoms with Crippen LogP contribution in [0.2, 0.25) is 0 Å². The van der Waals surface area contributed by atoms with Crippen LogP contribution in [0.3, 0.4) is 0 Å².